The summed E-state index contributed by atoms with van der Waals surface area (Å²) in [5, 5.41) is 2.92. The number of benzene rings is 1. The number of hydrogen-bond donors (Lipinski definition) is 0. The van der Waals surface area contributed by atoms with Crippen LogP contribution >= 0.6 is 11.3 Å². The van der Waals surface area contributed by atoms with Crippen LogP contribution in [0.3, 0.4) is 0 Å². The number of piperidine rings is 1. The van der Waals surface area contributed by atoms with Gasteiger partial charge in [-0.05, 0) is 45.2 Å². The number of rotatable bonds is 1. The molecule has 1 aliphatic rings. The van der Waals surface area contributed by atoms with Gasteiger partial charge in [0.05, 0.1) is 5.69 Å². The second kappa shape index (κ2) is 4.97. The standard InChI is InChI=1S/C16H19NOS/c1-11-6-7-15-13(9-11)16(18)14(10-19-15)17-8-4-3-5-12(17)2/h6-7,9-10,12H,3-5,8H2,1-2H3/t12-/m1/s1. The van der Waals surface area contributed by atoms with E-state index in [9.17, 15) is 4.79 Å². The highest BCUT2D eigenvalue weighted by Crippen LogP contribution is 2.26. The first-order valence-electron chi connectivity index (χ1n) is 6.95. The van der Waals surface area contributed by atoms with E-state index in [0.717, 1.165) is 27.9 Å². The summed E-state index contributed by atoms with van der Waals surface area (Å²) in [6.45, 7) is 5.28. The number of fused-ring (bicyclic) bond motifs is 1. The van der Waals surface area contributed by atoms with E-state index in [4.69, 9.17) is 0 Å². The fraction of sp³-hybridized carbons (Fsp3) is 0.438. The Balaban J connectivity index is 2.14. The molecule has 0 aliphatic carbocycles. The van der Waals surface area contributed by atoms with Crippen molar-refractivity contribution in [1.82, 2.24) is 0 Å². The van der Waals surface area contributed by atoms with E-state index in [1.807, 2.05) is 18.4 Å². The molecular formula is C16H19NOS. The lowest BCUT2D eigenvalue weighted by atomic mass is 10.0. The molecule has 100 valence electrons. The molecule has 1 aromatic carbocycles. The van der Waals surface area contributed by atoms with Gasteiger partial charge in [-0.2, -0.15) is 0 Å². The van der Waals surface area contributed by atoms with Crippen LogP contribution in [0.1, 0.15) is 31.7 Å². The quantitative estimate of drug-likeness (QED) is 0.784. The maximum atomic E-state index is 12.7. The minimum absolute atomic E-state index is 0.200. The van der Waals surface area contributed by atoms with Crippen LogP contribution in [0.15, 0.2) is 28.4 Å². The maximum Gasteiger partial charge on any atom is 0.211 e. The Labute approximate surface area is 117 Å². The Hall–Kier alpha value is -1.35. The third kappa shape index (κ3) is 2.27. The van der Waals surface area contributed by atoms with Crippen LogP contribution in [-0.2, 0) is 0 Å². The first-order valence-corrected chi connectivity index (χ1v) is 7.83. The van der Waals surface area contributed by atoms with Crippen LogP contribution in [-0.4, -0.2) is 12.6 Å². The van der Waals surface area contributed by atoms with E-state index < -0.39 is 0 Å². The van der Waals surface area contributed by atoms with Gasteiger partial charge in [-0.1, -0.05) is 11.6 Å². The highest BCUT2D eigenvalue weighted by atomic mass is 32.1. The molecule has 3 rings (SSSR count). The van der Waals surface area contributed by atoms with E-state index in [0.29, 0.717) is 6.04 Å². The molecule has 0 radical (unpaired) electrons. The highest BCUT2D eigenvalue weighted by Gasteiger charge is 2.21. The lowest BCUT2D eigenvalue weighted by molar-refractivity contribution is 0.484. The Morgan fingerprint density at radius 3 is 2.95 bits per heavy atom. The average molecular weight is 273 g/mol. The summed E-state index contributed by atoms with van der Waals surface area (Å²) >= 11 is 1.68. The molecule has 0 unspecified atom stereocenters. The van der Waals surface area contributed by atoms with Crippen LogP contribution in [0.4, 0.5) is 5.69 Å². The largest absolute Gasteiger partial charge is 0.365 e. The minimum Gasteiger partial charge on any atom is -0.365 e. The summed E-state index contributed by atoms with van der Waals surface area (Å²) in [5.41, 5.74) is 2.25. The lowest BCUT2D eigenvalue weighted by Gasteiger charge is -2.34. The third-order valence-electron chi connectivity index (χ3n) is 4.02. The zero-order valence-electron chi connectivity index (χ0n) is 11.5. The molecule has 0 bridgehead atoms. The first kappa shape index (κ1) is 12.7. The molecular weight excluding hydrogens is 254 g/mol. The van der Waals surface area contributed by atoms with E-state index in [1.165, 1.54) is 19.3 Å². The van der Waals surface area contributed by atoms with E-state index in [1.54, 1.807) is 11.3 Å². The summed E-state index contributed by atoms with van der Waals surface area (Å²) in [6.07, 6.45) is 3.66. The monoisotopic (exact) mass is 273 g/mol. The van der Waals surface area contributed by atoms with Crippen molar-refractivity contribution in [2.45, 2.75) is 39.2 Å². The zero-order chi connectivity index (χ0) is 13.4. The molecule has 0 N–H and O–H groups in total. The first-order chi connectivity index (χ1) is 9.16. The van der Waals surface area contributed by atoms with Gasteiger partial charge in [0.15, 0.2) is 0 Å². The highest BCUT2D eigenvalue weighted by molar-refractivity contribution is 7.16. The Kier molecular flexibility index (Phi) is 3.31. The van der Waals surface area contributed by atoms with Crippen molar-refractivity contribution < 1.29 is 0 Å². The summed E-state index contributed by atoms with van der Waals surface area (Å²) in [7, 11) is 0. The molecule has 0 amide bonds. The topological polar surface area (TPSA) is 20.3 Å². The summed E-state index contributed by atoms with van der Waals surface area (Å²) in [5.74, 6) is 0. The van der Waals surface area contributed by atoms with E-state index in [-0.39, 0.29) is 5.43 Å². The molecule has 0 spiro atoms. The van der Waals surface area contributed by atoms with Crippen LogP contribution in [0.5, 0.6) is 0 Å². The molecule has 2 aromatic rings. The van der Waals surface area contributed by atoms with Crippen molar-refractivity contribution in [3.8, 4) is 0 Å². The second-order valence-electron chi connectivity index (χ2n) is 5.49. The lowest BCUT2D eigenvalue weighted by Crippen LogP contribution is -2.39. The fourth-order valence-corrected chi connectivity index (χ4v) is 3.80. The van der Waals surface area contributed by atoms with Gasteiger partial charge in [-0.3, -0.25) is 4.79 Å². The van der Waals surface area contributed by atoms with Crippen LogP contribution in [0, 0.1) is 6.92 Å². The van der Waals surface area contributed by atoms with Crippen molar-refractivity contribution in [1.29, 1.82) is 0 Å². The van der Waals surface area contributed by atoms with E-state index in [2.05, 4.69) is 24.0 Å². The van der Waals surface area contributed by atoms with Gasteiger partial charge >= 0.3 is 0 Å². The average Bonchev–Trinajstić information content (AvgIpc) is 2.41. The van der Waals surface area contributed by atoms with Gasteiger partial charge < -0.3 is 4.90 Å². The fourth-order valence-electron chi connectivity index (χ4n) is 2.89. The van der Waals surface area contributed by atoms with Gasteiger partial charge in [0.1, 0.15) is 0 Å². The Morgan fingerprint density at radius 2 is 2.16 bits per heavy atom. The van der Waals surface area contributed by atoms with Crippen molar-refractivity contribution >= 4 is 27.1 Å². The zero-order valence-corrected chi connectivity index (χ0v) is 12.3. The molecule has 1 saturated heterocycles. The molecule has 0 saturated carbocycles. The molecule has 2 heterocycles. The van der Waals surface area contributed by atoms with Gasteiger partial charge in [-0.25, -0.2) is 0 Å². The van der Waals surface area contributed by atoms with Gasteiger partial charge in [0.2, 0.25) is 5.43 Å². The van der Waals surface area contributed by atoms with Crippen LogP contribution in [0.2, 0.25) is 0 Å². The number of nitrogens with zero attached hydrogens (tertiary/aromatic N) is 1. The third-order valence-corrected chi connectivity index (χ3v) is 4.97. The smallest absolute Gasteiger partial charge is 0.211 e. The maximum absolute atomic E-state index is 12.7. The SMILES string of the molecule is Cc1ccc2scc(N3CCCC[C@H]3C)c(=O)c2c1. The van der Waals surface area contributed by atoms with Crippen molar-refractivity contribution in [2.24, 2.45) is 0 Å². The van der Waals surface area contributed by atoms with Crippen molar-refractivity contribution in [2.75, 3.05) is 11.4 Å². The minimum atomic E-state index is 0.200. The molecule has 1 aromatic heterocycles. The number of hydrogen-bond acceptors (Lipinski definition) is 3. The molecule has 1 fully saturated rings. The molecule has 19 heavy (non-hydrogen) atoms. The van der Waals surface area contributed by atoms with Gasteiger partial charge in [-0.15, -0.1) is 11.3 Å². The second-order valence-corrected chi connectivity index (χ2v) is 6.40. The number of aryl methyl sites for hydroxylation is 1. The van der Waals surface area contributed by atoms with Crippen LogP contribution < -0.4 is 10.3 Å². The molecule has 1 aliphatic heterocycles. The van der Waals surface area contributed by atoms with Gasteiger partial charge in [0, 0.05) is 28.1 Å². The van der Waals surface area contributed by atoms with E-state index >= 15 is 0 Å². The molecule has 3 heteroatoms. The summed E-state index contributed by atoms with van der Waals surface area (Å²) < 4.78 is 1.09. The number of anilines is 1. The van der Waals surface area contributed by atoms with Gasteiger partial charge in [0.25, 0.3) is 0 Å². The Morgan fingerprint density at radius 1 is 1.32 bits per heavy atom. The summed E-state index contributed by atoms with van der Waals surface area (Å²) in [4.78, 5) is 15.0. The molecule has 1 atom stereocenters. The van der Waals surface area contributed by atoms with Crippen molar-refractivity contribution in [3.05, 3.63) is 39.4 Å². The Bertz CT molecular complexity index is 661. The molecule has 2 nitrogen and oxygen atoms in total. The summed E-state index contributed by atoms with van der Waals surface area (Å²) in [6, 6.07) is 6.63. The predicted molar refractivity (Wildman–Crippen MR) is 83.5 cm³/mol. The van der Waals surface area contributed by atoms with Crippen molar-refractivity contribution in [3.63, 3.8) is 0 Å². The normalized spacial score (nSPS) is 19.9. The predicted octanol–water partition coefficient (Wildman–Crippen LogP) is 3.95. The van der Waals surface area contributed by atoms with Crippen LogP contribution in [0.25, 0.3) is 10.1 Å².